The zero-order chi connectivity index (χ0) is 19.3. The van der Waals surface area contributed by atoms with E-state index in [0.717, 1.165) is 0 Å². The largest absolute Gasteiger partial charge is 0.522 e. The fourth-order valence-electron chi connectivity index (χ4n) is 2.39. The van der Waals surface area contributed by atoms with Crippen molar-refractivity contribution in [2.75, 3.05) is 0 Å². The first kappa shape index (κ1) is 24.0. The highest BCUT2D eigenvalue weighted by Crippen LogP contribution is 2.20. The standard InChI is InChI=1S/C16H29N.CHF3O3S/c1-3-5-6-7-8-9-10-14-17-15-11-13-16(17)12-4-2;2-1(3,4)8(5,6)7/h11,13,15H,3-10,12,14H2,1-2H3;(H,5,6,7). The minimum atomic E-state index is -5.84. The van der Waals surface area contributed by atoms with Crippen molar-refractivity contribution in [3.05, 3.63) is 24.0 Å². The number of hydrogen-bond acceptors (Lipinski definition) is 2. The van der Waals surface area contributed by atoms with E-state index in [0.29, 0.717) is 0 Å². The van der Waals surface area contributed by atoms with Crippen molar-refractivity contribution in [3.63, 3.8) is 0 Å². The molecule has 148 valence electrons. The number of halogens is 3. The maximum atomic E-state index is 10.7. The number of rotatable bonds is 10. The maximum absolute atomic E-state index is 10.7. The third kappa shape index (κ3) is 11.3. The summed E-state index contributed by atoms with van der Waals surface area (Å²) in [5, 5.41) is 0. The van der Waals surface area contributed by atoms with Gasteiger partial charge in [-0.1, -0.05) is 58.8 Å². The van der Waals surface area contributed by atoms with Crippen LogP contribution in [0.5, 0.6) is 0 Å². The molecule has 4 nitrogen and oxygen atoms in total. The monoisotopic (exact) mass is 385 g/mol. The van der Waals surface area contributed by atoms with Crippen LogP contribution in [0.2, 0.25) is 0 Å². The van der Waals surface area contributed by atoms with Crippen molar-refractivity contribution in [1.82, 2.24) is 4.57 Å². The first-order valence-corrected chi connectivity index (χ1v) is 10.2. The second-order valence-electron chi connectivity index (χ2n) is 5.99. The van der Waals surface area contributed by atoms with Crippen molar-refractivity contribution in [2.24, 2.45) is 0 Å². The van der Waals surface area contributed by atoms with Gasteiger partial charge in [-0.2, -0.15) is 21.6 Å². The van der Waals surface area contributed by atoms with Crippen molar-refractivity contribution < 1.29 is 26.1 Å². The molecule has 0 aromatic carbocycles. The van der Waals surface area contributed by atoms with Gasteiger partial charge >= 0.3 is 15.6 Å². The van der Waals surface area contributed by atoms with Gasteiger partial charge in [-0.3, -0.25) is 4.55 Å². The van der Waals surface area contributed by atoms with Crippen LogP contribution in [0.3, 0.4) is 0 Å². The Balaban J connectivity index is 0.000000609. The summed E-state index contributed by atoms with van der Waals surface area (Å²) in [4.78, 5) is 0. The molecule has 1 N–H and O–H groups in total. The smallest absolute Gasteiger partial charge is 0.351 e. The molecule has 1 heterocycles. The molecule has 8 heteroatoms. The predicted octanol–water partition coefficient (Wildman–Crippen LogP) is 5.59. The van der Waals surface area contributed by atoms with E-state index in [1.165, 1.54) is 70.0 Å². The minimum Gasteiger partial charge on any atom is -0.351 e. The lowest BCUT2D eigenvalue weighted by atomic mass is 10.1. The van der Waals surface area contributed by atoms with Crippen LogP contribution in [0.1, 0.15) is 70.9 Å². The number of aryl methyl sites for hydroxylation is 2. The summed E-state index contributed by atoms with van der Waals surface area (Å²) < 4.78 is 60.0. The Morgan fingerprint density at radius 1 is 1.00 bits per heavy atom. The van der Waals surface area contributed by atoms with Gasteiger partial charge in [0, 0.05) is 18.4 Å². The van der Waals surface area contributed by atoms with Crippen LogP contribution < -0.4 is 0 Å². The predicted molar refractivity (Wildman–Crippen MR) is 94.0 cm³/mol. The Labute approximate surface area is 149 Å². The lowest BCUT2D eigenvalue weighted by molar-refractivity contribution is -0.0510. The van der Waals surface area contributed by atoms with Gasteiger partial charge in [-0.25, -0.2) is 0 Å². The van der Waals surface area contributed by atoms with E-state index in [-0.39, 0.29) is 0 Å². The summed E-state index contributed by atoms with van der Waals surface area (Å²) in [6, 6.07) is 4.46. The fraction of sp³-hybridized carbons (Fsp3) is 0.765. The number of alkyl halides is 3. The van der Waals surface area contributed by atoms with Gasteiger partial charge in [0.15, 0.2) is 0 Å². The van der Waals surface area contributed by atoms with E-state index in [9.17, 15) is 13.2 Å². The van der Waals surface area contributed by atoms with Gasteiger partial charge in [0.1, 0.15) is 0 Å². The van der Waals surface area contributed by atoms with E-state index >= 15 is 0 Å². The molecule has 1 aromatic heterocycles. The molecule has 0 amide bonds. The Morgan fingerprint density at radius 3 is 2.00 bits per heavy atom. The molecule has 1 rings (SSSR count). The van der Waals surface area contributed by atoms with Crippen LogP contribution >= 0.6 is 0 Å². The van der Waals surface area contributed by atoms with Gasteiger partial charge in [0.2, 0.25) is 0 Å². The summed E-state index contributed by atoms with van der Waals surface area (Å²) in [5.74, 6) is 0. The lowest BCUT2D eigenvalue weighted by Crippen LogP contribution is -2.21. The molecule has 1 aromatic rings. The number of nitrogens with zero attached hydrogens (tertiary/aromatic N) is 1. The molecule has 0 unspecified atom stereocenters. The molecule has 0 saturated carbocycles. The summed E-state index contributed by atoms with van der Waals surface area (Å²) in [5.41, 5.74) is -4.02. The Morgan fingerprint density at radius 2 is 1.52 bits per heavy atom. The highest BCUT2D eigenvalue weighted by atomic mass is 32.2. The SMILES string of the molecule is CCCCCCCCCn1cccc1CCC.O=S(=O)(O)C(F)(F)F. The molecule has 0 aliphatic rings. The highest BCUT2D eigenvalue weighted by Gasteiger charge is 2.44. The zero-order valence-corrected chi connectivity index (χ0v) is 15.9. The average molecular weight is 385 g/mol. The first-order valence-electron chi connectivity index (χ1n) is 8.81. The molecule has 0 radical (unpaired) electrons. The van der Waals surface area contributed by atoms with E-state index in [2.05, 4.69) is 36.7 Å². The van der Waals surface area contributed by atoms with Crippen LogP contribution in [-0.2, 0) is 23.1 Å². The van der Waals surface area contributed by atoms with E-state index in [1.54, 1.807) is 0 Å². The first-order chi connectivity index (χ1) is 11.6. The topological polar surface area (TPSA) is 59.3 Å². The Hall–Kier alpha value is -1.02. The minimum absolute atomic E-state index is 1.22. The number of hydrogen-bond donors (Lipinski definition) is 1. The van der Waals surface area contributed by atoms with Crippen molar-refractivity contribution in [1.29, 1.82) is 0 Å². The molecule has 0 atom stereocenters. The molecule has 25 heavy (non-hydrogen) atoms. The number of unbranched alkanes of at least 4 members (excludes halogenated alkanes) is 6. The Bertz CT molecular complexity index is 554. The van der Waals surface area contributed by atoms with Crippen molar-refractivity contribution >= 4 is 10.1 Å². The third-order valence-corrected chi connectivity index (χ3v) is 4.31. The molecule has 0 aliphatic carbocycles. The average Bonchev–Trinajstić information content (AvgIpc) is 2.93. The molecular formula is C17H30F3NO3S. The molecule has 0 saturated heterocycles. The van der Waals surface area contributed by atoms with Gasteiger partial charge in [-0.05, 0) is 25.0 Å². The van der Waals surface area contributed by atoms with Crippen LogP contribution in [0.4, 0.5) is 13.2 Å². The van der Waals surface area contributed by atoms with Crippen LogP contribution in [0, 0.1) is 0 Å². The lowest BCUT2D eigenvalue weighted by Gasteiger charge is -2.08. The van der Waals surface area contributed by atoms with Gasteiger partial charge in [0.25, 0.3) is 0 Å². The Kier molecular flexibility index (Phi) is 11.8. The third-order valence-electron chi connectivity index (χ3n) is 3.72. The summed E-state index contributed by atoms with van der Waals surface area (Å²) in [6.07, 6.45) is 14.5. The molecule has 0 spiro atoms. The zero-order valence-electron chi connectivity index (χ0n) is 15.1. The van der Waals surface area contributed by atoms with E-state index in [4.69, 9.17) is 13.0 Å². The normalized spacial score (nSPS) is 11.9. The quantitative estimate of drug-likeness (QED) is 0.325. The van der Waals surface area contributed by atoms with Gasteiger partial charge in [-0.15, -0.1) is 0 Å². The second-order valence-corrected chi connectivity index (χ2v) is 7.40. The van der Waals surface area contributed by atoms with E-state index in [1.807, 2.05) is 0 Å². The van der Waals surface area contributed by atoms with Crippen molar-refractivity contribution in [3.8, 4) is 0 Å². The fourth-order valence-corrected chi connectivity index (χ4v) is 2.39. The van der Waals surface area contributed by atoms with Crippen LogP contribution in [0.25, 0.3) is 0 Å². The van der Waals surface area contributed by atoms with Crippen LogP contribution in [-0.4, -0.2) is 23.0 Å². The maximum Gasteiger partial charge on any atom is 0.522 e. The molecule has 0 fully saturated rings. The highest BCUT2D eigenvalue weighted by molar-refractivity contribution is 7.86. The molecular weight excluding hydrogens is 355 g/mol. The summed E-state index contributed by atoms with van der Waals surface area (Å²) in [7, 11) is -5.84. The van der Waals surface area contributed by atoms with Gasteiger partial charge in [0.05, 0.1) is 0 Å². The van der Waals surface area contributed by atoms with Gasteiger partial charge < -0.3 is 4.57 Å². The summed E-state index contributed by atoms with van der Waals surface area (Å²) in [6.45, 7) is 5.75. The van der Waals surface area contributed by atoms with Crippen molar-refractivity contribution in [2.45, 2.75) is 83.7 Å². The van der Waals surface area contributed by atoms with Crippen LogP contribution in [0.15, 0.2) is 18.3 Å². The number of aromatic nitrogens is 1. The summed E-state index contributed by atoms with van der Waals surface area (Å²) >= 11 is 0. The second kappa shape index (κ2) is 12.4. The van der Waals surface area contributed by atoms with E-state index < -0.39 is 15.6 Å². The molecule has 0 aliphatic heterocycles. The molecule has 0 bridgehead atoms.